The van der Waals surface area contributed by atoms with E-state index in [4.69, 9.17) is 11.6 Å². The van der Waals surface area contributed by atoms with Crippen LogP contribution in [0.25, 0.3) is 10.1 Å². The molecule has 0 bridgehead atoms. The summed E-state index contributed by atoms with van der Waals surface area (Å²) < 4.78 is 1.10. The zero-order chi connectivity index (χ0) is 9.42. The van der Waals surface area contributed by atoms with E-state index in [2.05, 4.69) is 0 Å². The SMILES string of the molecule is Cc1ccc2sc(CCl)cc2c1O. The molecule has 0 fully saturated rings. The van der Waals surface area contributed by atoms with E-state index in [0.29, 0.717) is 11.6 Å². The number of phenolic OH excluding ortho intramolecular Hbond substituents is 1. The number of hydrogen-bond donors (Lipinski definition) is 1. The zero-order valence-electron chi connectivity index (χ0n) is 7.17. The zero-order valence-corrected chi connectivity index (χ0v) is 8.75. The minimum absolute atomic E-state index is 0.380. The van der Waals surface area contributed by atoms with Crippen molar-refractivity contribution < 1.29 is 5.11 Å². The number of alkyl halides is 1. The molecule has 1 aromatic carbocycles. The van der Waals surface area contributed by atoms with Gasteiger partial charge in [0.05, 0.1) is 5.88 Å². The Balaban J connectivity index is 2.76. The molecule has 0 saturated heterocycles. The summed E-state index contributed by atoms with van der Waals surface area (Å²) in [6.45, 7) is 1.90. The summed E-state index contributed by atoms with van der Waals surface area (Å²) in [4.78, 5) is 1.09. The van der Waals surface area contributed by atoms with E-state index in [1.54, 1.807) is 11.3 Å². The van der Waals surface area contributed by atoms with Gasteiger partial charge in [0.2, 0.25) is 0 Å². The average Bonchev–Trinajstić information content (AvgIpc) is 2.55. The Bertz CT molecular complexity index is 447. The summed E-state index contributed by atoms with van der Waals surface area (Å²) in [7, 11) is 0. The van der Waals surface area contributed by atoms with E-state index in [0.717, 1.165) is 20.5 Å². The van der Waals surface area contributed by atoms with E-state index in [1.165, 1.54) is 0 Å². The second kappa shape index (κ2) is 3.20. The molecular weight excluding hydrogens is 204 g/mol. The van der Waals surface area contributed by atoms with Crippen LogP contribution in [0.4, 0.5) is 0 Å². The molecule has 0 aliphatic carbocycles. The van der Waals surface area contributed by atoms with Gasteiger partial charge < -0.3 is 5.11 Å². The lowest BCUT2D eigenvalue weighted by Gasteiger charge is -1.97. The highest BCUT2D eigenvalue weighted by Crippen LogP contribution is 2.34. The highest BCUT2D eigenvalue weighted by Gasteiger charge is 2.06. The molecule has 2 aromatic rings. The summed E-state index contributed by atoms with van der Waals surface area (Å²) in [5.74, 6) is 0.891. The number of rotatable bonds is 1. The van der Waals surface area contributed by atoms with Gasteiger partial charge in [0.25, 0.3) is 0 Å². The summed E-state index contributed by atoms with van der Waals surface area (Å²) in [5.41, 5.74) is 0.909. The predicted molar refractivity (Wildman–Crippen MR) is 57.8 cm³/mol. The van der Waals surface area contributed by atoms with Crippen molar-refractivity contribution in [2.45, 2.75) is 12.8 Å². The number of hydrogen-bond acceptors (Lipinski definition) is 2. The fraction of sp³-hybridized carbons (Fsp3) is 0.200. The van der Waals surface area contributed by atoms with E-state index >= 15 is 0 Å². The molecule has 1 aromatic heterocycles. The number of aromatic hydroxyl groups is 1. The Labute approximate surface area is 85.6 Å². The lowest BCUT2D eigenvalue weighted by molar-refractivity contribution is 0.477. The topological polar surface area (TPSA) is 20.2 Å². The molecule has 3 heteroatoms. The van der Waals surface area contributed by atoms with E-state index < -0.39 is 0 Å². The highest BCUT2D eigenvalue weighted by molar-refractivity contribution is 7.19. The van der Waals surface area contributed by atoms with Crippen molar-refractivity contribution in [1.29, 1.82) is 0 Å². The average molecular weight is 213 g/mol. The normalized spacial score (nSPS) is 10.9. The third-order valence-electron chi connectivity index (χ3n) is 2.06. The van der Waals surface area contributed by atoms with Gasteiger partial charge in [0.15, 0.2) is 0 Å². The highest BCUT2D eigenvalue weighted by atomic mass is 35.5. The number of aryl methyl sites for hydroxylation is 1. The molecule has 1 heterocycles. The lowest BCUT2D eigenvalue weighted by atomic mass is 10.1. The van der Waals surface area contributed by atoms with Gasteiger partial charge in [-0.1, -0.05) is 6.07 Å². The predicted octanol–water partition coefficient (Wildman–Crippen LogP) is 3.65. The van der Waals surface area contributed by atoms with Crippen LogP contribution >= 0.6 is 22.9 Å². The molecule has 0 aliphatic heterocycles. The van der Waals surface area contributed by atoms with Gasteiger partial charge in [-0.2, -0.15) is 0 Å². The van der Waals surface area contributed by atoms with Gasteiger partial charge in [0, 0.05) is 15.0 Å². The van der Waals surface area contributed by atoms with Crippen molar-refractivity contribution in [2.75, 3.05) is 0 Å². The molecular formula is C10H9ClOS. The summed E-state index contributed by atoms with van der Waals surface area (Å²) >= 11 is 7.35. The second-order valence-corrected chi connectivity index (χ2v) is 4.42. The van der Waals surface area contributed by atoms with Gasteiger partial charge in [0.1, 0.15) is 5.75 Å². The van der Waals surface area contributed by atoms with E-state index in [1.807, 2.05) is 25.1 Å². The largest absolute Gasteiger partial charge is 0.507 e. The van der Waals surface area contributed by atoms with Crippen molar-refractivity contribution in [3.8, 4) is 5.75 Å². The van der Waals surface area contributed by atoms with Crippen molar-refractivity contribution in [3.63, 3.8) is 0 Å². The Hall–Kier alpha value is -0.730. The minimum atomic E-state index is 0.380. The molecule has 0 saturated carbocycles. The molecule has 68 valence electrons. The summed E-state index contributed by atoms with van der Waals surface area (Å²) in [6.07, 6.45) is 0. The van der Waals surface area contributed by atoms with Crippen LogP contribution in [0, 0.1) is 6.92 Å². The maximum Gasteiger partial charge on any atom is 0.127 e. The fourth-order valence-electron chi connectivity index (χ4n) is 1.32. The molecule has 0 aliphatic rings. The van der Waals surface area contributed by atoms with Crippen LogP contribution < -0.4 is 0 Å². The van der Waals surface area contributed by atoms with Gasteiger partial charge in [-0.3, -0.25) is 0 Å². The monoisotopic (exact) mass is 212 g/mol. The van der Waals surface area contributed by atoms with Gasteiger partial charge in [-0.15, -0.1) is 22.9 Å². The number of halogens is 1. The van der Waals surface area contributed by atoms with Crippen molar-refractivity contribution >= 4 is 33.0 Å². The quantitative estimate of drug-likeness (QED) is 0.716. The Morgan fingerprint density at radius 2 is 2.23 bits per heavy atom. The van der Waals surface area contributed by atoms with Crippen LogP contribution in [0.1, 0.15) is 10.4 Å². The number of benzene rings is 1. The third kappa shape index (κ3) is 1.40. The minimum Gasteiger partial charge on any atom is -0.507 e. The van der Waals surface area contributed by atoms with Crippen molar-refractivity contribution in [1.82, 2.24) is 0 Å². The number of fused-ring (bicyclic) bond motifs is 1. The van der Waals surface area contributed by atoms with Crippen LogP contribution in [0.15, 0.2) is 18.2 Å². The molecule has 2 rings (SSSR count). The first-order valence-electron chi connectivity index (χ1n) is 3.99. The van der Waals surface area contributed by atoms with Crippen LogP contribution in [-0.2, 0) is 5.88 Å². The Morgan fingerprint density at radius 1 is 1.46 bits per heavy atom. The molecule has 0 unspecified atom stereocenters. The van der Waals surface area contributed by atoms with Gasteiger partial charge in [-0.25, -0.2) is 0 Å². The van der Waals surface area contributed by atoms with Crippen LogP contribution in [-0.4, -0.2) is 5.11 Å². The second-order valence-electron chi connectivity index (χ2n) is 2.99. The summed E-state index contributed by atoms with van der Waals surface area (Å²) in [6, 6.07) is 5.90. The van der Waals surface area contributed by atoms with Crippen LogP contribution in [0.2, 0.25) is 0 Å². The Kier molecular flexibility index (Phi) is 2.18. The standard InChI is InChI=1S/C10H9ClOS/c1-6-2-3-9-8(10(6)12)4-7(5-11)13-9/h2-4,12H,5H2,1H3. The lowest BCUT2D eigenvalue weighted by Crippen LogP contribution is -1.73. The van der Waals surface area contributed by atoms with E-state index in [-0.39, 0.29) is 0 Å². The fourth-order valence-corrected chi connectivity index (χ4v) is 2.48. The van der Waals surface area contributed by atoms with Crippen LogP contribution in [0.5, 0.6) is 5.75 Å². The third-order valence-corrected chi connectivity index (χ3v) is 3.60. The smallest absolute Gasteiger partial charge is 0.127 e. The maximum absolute atomic E-state index is 9.73. The molecule has 1 nitrogen and oxygen atoms in total. The molecule has 13 heavy (non-hydrogen) atoms. The molecule has 0 amide bonds. The van der Waals surface area contributed by atoms with Crippen LogP contribution in [0.3, 0.4) is 0 Å². The first kappa shape index (κ1) is 8.85. The number of thiophene rings is 1. The summed E-state index contributed by atoms with van der Waals surface area (Å²) in [5, 5.41) is 10.6. The molecule has 0 spiro atoms. The van der Waals surface area contributed by atoms with Crippen molar-refractivity contribution in [3.05, 3.63) is 28.6 Å². The molecule has 0 radical (unpaired) electrons. The maximum atomic E-state index is 9.73. The Morgan fingerprint density at radius 3 is 2.92 bits per heavy atom. The number of phenols is 1. The first-order chi connectivity index (χ1) is 6.22. The first-order valence-corrected chi connectivity index (χ1v) is 5.34. The van der Waals surface area contributed by atoms with Gasteiger partial charge >= 0.3 is 0 Å². The molecule has 1 N–H and O–H groups in total. The molecule has 0 atom stereocenters. The van der Waals surface area contributed by atoms with Gasteiger partial charge in [-0.05, 0) is 24.6 Å². The van der Waals surface area contributed by atoms with Crippen molar-refractivity contribution in [2.24, 2.45) is 0 Å². The van der Waals surface area contributed by atoms with E-state index in [9.17, 15) is 5.11 Å².